The molecule has 4 aromatic rings. The number of carbonyl (C=O) groups is 2. The molecule has 4 N–H and O–H groups in total. The molecule has 0 aliphatic carbocycles. The summed E-state index contributed by atoms with van der Waals surface area (Å²) in [6, 6.07) is 20.1. The van der Waals surface area contributed by atoms with Gasteiger partial charge in [0.2, 0.25) is 11.8 Å². The van der Waals surface area contributed by atoms with E-state index in [-0.39, 0.29) is 29.7 Å². The minimum absolute atomic E-state index is 0.0174. The molecule has 220 valence electrons. The Kier molecular flexibility index (Phi) is 9.45. The second-order valence-corrected chi connectivity index (χ2v) is 10.7. The van der Waals surface area contributed by atoms with Gasteiger partial charge in [0.05, 0.1) is 11.0 Å². The van der Waals surface area contributed by atoms with Gasteiger partial charge in [0, 0.05) is 63.8 Å². The van der Waals surface area contributed by atoms with E-state index in [0.29, 0.717) is 37.6 Å². The summed E-state index contributed by atoms with van der Waals surface area (Å²) in [7, 11) is 1.71. The number of nitrogens with two attached hydrogens (primary N) is 2. The van der Waals surface area contributed by atoms with Crippen LogP contribution < -0.4 is 16.2 Å². The molecule has 1 fully saturated rings. The number of amides is 2. The van der Waals surface area contributed by atoms with Crippen LogP contribution in [-0.2, 0) is 22.5 Å². The van der Waals surface area contributed by atoms with Crippen molar-refractivity contribution in [3.8, 4) is 11.6 Å². The Morgan fingerprint density at radius 2 is 1.83 bits per heavy atom. The van der Waals surface area contributed by atoms with Crippen LogP contribution in [0.25, 0.3) is 11.0 Å². The molecule has 2 aromatic heterocycles. The number of pyridine rings is 1. The molecule has 0 bridgehead atoms. The topological polar surface area (TPSA) is 139 Å². The van der Waals surface area contributed by atoms with Crippen molar-refractivity contribution in [2.24, 2.45) is 11.5 Å². The van der Waals surface area contributed by atoms with Crippen LogP contribution in [0.15, 0.2) is 66.7 Å². The maximum absolute atomic E-state index is 13.4. The van der Waals surface area contributed by atoms with Gasteiger partial charge in [-0.05, 0) is 55.7 Å². The van der Waals surface area contributed by atoms with Crippen LogP contribution >= 0.6 is 0 Å². The largest absolute Gasteiger partial charge is 0.438 e. The molecule has 5 rings (SSSR count). The number of primary amides is 1. The zero-order chi connectivity index (χ0) is 29.5. The molecular formula is C32H38N6O4. The first-order chi connectivity index (χ1) is 20.4. The SMILES string of the molecule is COCCCn1c([C@@H]2CCCN(C(=O)C[C@@H](N)Cc3ccc(C(N)=O)c(Oc4ccccc4)n3)C2)nc2ccccc21. The van der Waals surface area contributed by atoms with E-state index in [1.54, 1.807) is 31.4 Å². The Hall–Kier alpha value is -4.28. The number of benzene rings is 2. The van der Waals surface area contributed by atoms with Crippen molar-refractivity contribution in [2.45, 2.75) is 50.6 Å². The summed E-state index contributed by atoms with van der Waals surface area (Å²) < 4.78 is 13.4. The molecule has 2 amide bonds. The van der Waals surface area contributed by atoms with Crippen LogP contribution in [0.1, 0.15) is 53.5 Å². The highest BCUT2D eigenvalue weighted by molar-refractivity contribution is 5.95. The van der Waals surface area contributed by atoms with E-state index in [2.05, 4.69) is 15.6 Å². The van der Waals surface area contributed by atoms with E-state index >= 15 is 0 Å². The van der Waals surface area contributed by atoms with Gasteiger partial charge in [0.15, 0.2) is 0 Å². The number of likely N-dealkylation sites (tertiary alicyclic amines) is 1. The molecule has 0 saturated carbocycles. The van der Waals surface area contributed by atoms with E-state index in [1.807, 2.05) is 41.3 Å². The highest BCUT2D eigenvalue weighted by Gasteiger charge is 2.29. The third-order valence-electron chi connectivity index (χ3n) is 7.60. The highest BCUT2D eigenvalue weighted by Crippen LogP contribution is 2.30. The van der Waals surface area contributed by atoms with Crippen molar-refractivity contribution in [3.05, 3.63) is 83.8 Å². The molecule has 10 nitrogen and oxygen atoms in total. The molecule has 1 aliphatic heterocycles. The molecule has 42 heavy (non-hydrogen) atoms. The van der Waals surface area contributed by atoms with E-state index in [1.165, 1.54) is 0 Å². The monoisotopic (exact) mass is 570 g/mol. The maximum Gasteiger partial charge on any atom is 0.254 e. The minimum Gasteiger partial charge on any atom is -0.438 e. The molecule has 0 unspecified atom stereocenters. The van der Waals surface area contributed by atoms with Crippen molar-refractivity contribution in [1.82, 2.24) is 19.4 Å². The number of rotatable bonds is 12. The molecule has 1 saturated heterocycles. The first kappa shape index (κ1) is 29.2. The van der Waals surface area contributed by atoms with Gasteiger partial charge >= 0.3 is 0 Å². The van der Waals surface area contributed by atoms with Crippen molar-refractivity contribution in [3.63, 3.8) is 0 Å². The highest BCUT2D eigenvalue weighted by atomic mass is 16.5. The fourth-order valence-electron chi connectivity index (χ4n) is 5.57. The number of piperidine rings is 1. The van der Waals surface area contributed by atoms with Gasteiger partial charge in [-0.2, -0.15) is 0 Å². The predicted octanol–water partition coefficient (Wildman–Crippen LogP) is 4.03. The van der Waals surface area contributed by atoms with Crippen molar-refractivity contribution < 1.29 is 19.1 Å². The van der Waals surface area contributed by atoms with Gasteiger partial charge in [0.1, 0.15) is 17.1 Å². The molecule has 0 radical (unpaired) electrons. The average molecular weight is 571 g/mol. The number of methoxy groups -OCH3 is 1. The summed E-state index contributed by atoms with van der Waals surface area (Å²) in [5.74, 6) is 1.22. The van der Waals surface area contributed by atoms with E-state index in [9.17, 15) is 9.59 Å². The molecular weight excluding hydrogens is 532 g/mol. The summed E-state index contributed by atoms with van der Waals surface area (Å²) >= 11 is 0. The van der Waals surface area contributed by atoms with Gasteiger partial charge in [-0.1, -0.05) is 30.3 Å². The summed E-state index contributed by atoms with van der Waals surface area (Å²) in [6.07, 6.45) is 3.31. The standard InChI is InChI=1S/C32H38N6O4/c1-41-18-8-17-38-28-13-6-5-12-27(28)36-31(38)22-9-7-16-37(21-22)29(39)20-23(33)19-24-14-15-26(30(34)40)32(35-24)42-25-10-3-2-4-11-25/h2-6,10-15,22-23H,7-9,16-21,33H2,1H3,(H2,34,40)/t22-,23+/m1/s1. The number of imidazole rings is 1. The van der Waals surface area contributed by atoms with Crippen molar-refractivity contribution in [2.75, 3.05) is 26.8 Å². The first-order valence-corrected chi connectivity index (χ1v) is 14.4. The summed E-state index contributed by atoms with van der Waals surface area (Å²) in [4.78, 5) is 36.8. The third-order valence-corrected chi connectivity index (χ3v) is 7.60. The van der Waals surface area contributed by atoms with Gasteiger partial charge < -0.3 is 30.4 Å². The van der Waals surface area contributed by atoms with Crippen LogP contribution in [0.3, 0.4) is 0 Å². The van der Waals surface area contributed by atoms with Gasteiger partial charge in [-0.25, -0.2) is 9.97 Å². The Bertz CT molecular complexity index is 1520. The number of aromatic nitrogens is 3. The van der Waals surface area contributed by atoms with Gasteiger partial charge in [-0.15, -0.1) is 0 Å². The number of ether oxygens (including phenoxy) is 2. The average Bonchev–Trinajstić information content (AvgIpc) is 3.36. The fourth-order valence-corrected chi connectivity index (χ4v) is 5.57. The van der Waals surface area contributed by atoms with Gasteiger partial charge in [-0.3, -0.25) is 9.59 Å². The zero-order valence-corrected chi connectivity index (χ0v) is 23.9. The molecule has 2 aromatic carbocycles. The number of para-hydroxylation sites is 3. The normalized spacial score (nSPS) is 16.0. The van der Waals surface area contributed by atoms with Crippen molar-refractivity contribution >= 4 is 22.8 Å². The Balaban J connectivity index is 1.25. The molecule has 3 heterocycles. The van der Waals surface area contributed by atoms with Crippen LogP contribution in [0.5, 0.6) is 11.6 Å². The van der Waals surface area contributed by atoms with E-state index in [4.69, 9.17) is 25.9 Å². The third kappa shape index (κ3) is 6.95. The van der Waals surface area contributed by atoms with Crippen molar-refractivity contribution in [1.29, 1.82) is 0 Å². The second kappa shape index (κ2) is 13.6. The Labute approximate surface area is 245 Å². The lowest BCUT2D eigenvalue weighted by Gasteiger charge is -2.33. The quantitative estimate of drug-likeness (QED) is 0.245. The minimum atomic E-state index is -0.633. The molecule has 1 aliphatic rings. The van der Waals surface area contributed by atoms with Crippen LogP contribution in [0.2, 0.25) is 0 Å². The molecule has 0 spiro atoms. The lowest BCUT2D eigenvalue weighted by Crippen LogP contribution is -2.42. The van der Waals surface area contributed by atoms with E-state index in [0.717, 1.165) is 42.7 Å². The summed E-state index contributed by atoms with van der Waals surface area (Å²) in [6.45, 7) is 2.81. The second-order valence-electron chi connectivity index (χ2n) is 10.7. The predicted molar refractivity (Wildman–Crippen MR) is 160 cm³/mol. The lowest BCUT2D eigenvalue weighted by atomic mass is 9.96. The number of nitrogens with zero attached hydrogens (tertiary/aromatic N) is 4. The lowest BCUT2D eigenvalue weighted by molar-refractivity contribution is -0.132. The number of hydrogen-bond donors (Lipinski definition) is 2. The number of fused-ring (bicyclic) bond motifs is 1. The summed E-state index contributed by atoms with van der Waals surface area (Å²) in [5, 5.41) is 0. The Morgan fingerprint density at radius 1 is 1.05 bits per heavy atom. The van der Waals surface area contributed by atoms with Gasteiger partial charge in [0.25, 0.3) is 5.91 Å². The number of aryl methyl sites for hydroxylation is 1. The molecule has 10 heteroatoms. The zero-order valence-electron chi connectivity index (χ0n) is 23.9. The van der Waals surface area contributed by atoms with Crippen LogP contribution in [0, 0.1) is 0 Å². The first-order valence-electron chi connectivity index (χ1n) is 14.4. The number of carbonyl (C=O) groups excluding carboxylic acids is 2. The Morgan fingerprint density at radius 3 is 2.62 bits per heavy atom. The summed E-state index contributed by atoms with van der Waals surface area (Å²) in [5.41, 5.74) is 14.9. The molecule has 2 atom stereocenters. The number of hydrogen-bond acceptors (Lipinski definition) is 7. The fraction of sp³-hybridized carbons (Fsp3) is 0.375. The van der Waals surface area contributed by atoms with E-state index < -0.39 is 11.9 Å². The van der Waals surface area contributed by atoms with Crippen LogP contribution in [-0.4, -0.2) is 64.1 Å². The smallest absolute Gasteiger partial charge is 0.254 e. The maximum atomic E-state index is 13.4. The van der Waals surface area contributed by atoms with Crippen LogP contribution in [0.4, 0.5) is 0 Å².